The molecule has 0 saturated heterocycles. The van der Waals surface area contributed by atoms with Crippen molar-refractivity contribution in [3.8, 4) is 6.19 Å². The van der Waals surface area contributed by atoms with Gasteiger partial charge in [0.2, 0.25) is 6.19 Å². The molecule has 0 aromatic carbocycles. The lowest BCUT2D eigenvalue weighted by Crippen LogP contribution is -1.98. The number of nitrogens with one attached hydrogen (secondary N) is 1. The van der Waals surface area contributed by atoms with Gasteiger partial charge in [-0.05, 0) is 0 Å². The molecule has 0 atom stereocenters. The summed E-state index contributed by atoms with van der Waals surface area (Å²) in [5.74, 6) is 0. The van der Waals surface area contributed by atoms with Crippen LogP contribution in [-0.2, 0) is 4.84 Å². The molecule has 0 saturated carbocycles. The van der Waals surface area contributed by atoms with Crippen LogP contribution in [0.25, 0.3) is 0 Å². The molecule has 0 radical (unpaired) electrons. The van der Waals surface area contributed by atoms with Crippen LogP contribution < -0.4 is 5.48 Å². The molecule has 0 amide bonds. The van der Waals surface area contributed by atoms with Crippen LogP contribution in [0.4, 0.5) is 0 Å². The van der Waals surface area contributed by atoms with Crippen LogP contribution in [0.15, 0.2) is 18.6 Å². The highest BCUT2D eigenvalue weighted by molar-refractivity contribution is 4.65. The van der Waals surface area contributed by atoms with Crippen LogP contribution in [-0.4, -0.2) is 0 Å². The van der Waals surface area contributed by atoms with Gasteiger partial charge in [0.05, 0.1) is 0 Å². The van der Waals surface area contributed by atoms with Crippen molar-refractivity contribution >= 4 is 0 Å². The summed E-state index contributed by atoms with van der Waals surface area (Å²) in [7, 11) is 0. The summed E-state index contributed by atoms with van der Waals surface area (Å²) in [4.78, 5) is 4.22. The maximum atomic E-state index is 7.74. The average molecular weight is 96.1 g/mol. The van der Waals surface area contributed by atoms with E-state index >= 15 is 0 Å². The van der Waals surface area contributed by atoms with Gasteiger partial charge in [0.15, 0.2) is 6.26 Å². The first-order valence-corrected chi connectivity index (χ1v) is 1.56. The Morgan fingerprint density at radius 2 is 2.57 bits per heavy atom. The minimum atomic E-state index is 1.14. The highest BCUT2D eigenvalue weighted by Crippen LogP contribution is 1.59. The summed E-state index contributed by atoms with van der Waals surface area (Å²) in [5, 5.41) is 7.74. The van der Waals surface area contributed by atoms with Crippen LogP contribution in [0, 0.1) is 11.5 Å². The second-order valence-corrected chi connectivity index (χ2v) is 0.654. The largest absolute Gasteiger partial charge is 0.372 e. The maximum absolute atomic E-state index is 7.74. The number of nitriles is 1. The summed E-state index contributed by atoms with van der Waals surface area (Å²) < 4.78 is 0. The van der Waals surface area contributed by atoms with E-state index in [0.717, 1.165) is 6.26 Å². The Kier molecular flexibility index (Phi) is 3.69. The van der Waals surface area contributed by atoms with E-state index in [1.165, 1.54) is 6.19 Å². The highest BCUT2D eigenvalue weighted by Gasteiger charge is 1.61. The molecule has 1 N–H and O–H groups in total. The molecule has 0 rings (SSSR count). The molecule has 0 bridgehead atoms. The van der Waals surface area contributed by atoms with E-state index in [1.807, 2.05) is 5.48 Å². The third kappa shape index (κ3) is 4.61. The third-order valence-electron chi connectivity index (χ3n) is 0.247. The summed E-state index contributed by atoms with van der Waals surface area (Å²) in [6.07, 6.45) is 2.67. The molecule has 0 fully saturated rings. The number of rotatable bonds is 2. The number of hydroxylamine groups is 1. The Bertz CT molecular complexity index is 118. The molecule has 0 aromatic rings. The zero-order valence-electron chi connectivity index (χ0n) is 3.64. The van der Waals surface area contributed by atoms with Crippen molar-refractivity contribution < 1.29 is 4.84 Å². The van der Waals surface area contributed by atoms with Crippen LogP contribution in [0.3, 0.4) is 0 Å². The van der Waals surface area contributed by atoms with E-state index in [-0.39, 0.29) is 0 Å². The zero-order valence-corrected chi connectivity index (χ0v) is 3.64. The number of nitrogens with zero attached hydrogens (tertiary/aromatic N) is 1. The second kappa shape index (κ2) is 4.61. The molecular formula is C4H4N2O. The van der Waals surface area contributed by atoms with E-state index in [4.69, 9.17) is 5.26 Å². The quantitative estimate of drug-likeness (QED) is 0.134. The molecule has 0 heterocycles. The first-order chi connectivity index (χ1) is 3.41. The normalized spacial score (nSPS) is 5.00. The predicted octanol–water partition coefficient (Wildman–Crippen LogP) is 0.287. The van der Waals surface area contributed by atoms with Gasteiger partial charge in [-0.25, -0.2) is 0 Å². The van der Waals surface area contributed by atoms with Gasteiger partial charge in [-0.2, -0.15) is 10.7 Å². The standard InChI is InChI=1S/C4H4N2O/c1-2-3-7-6-4-5/h3,6H,1H2. The number of hydrogen-bond donors (Lipinski definition) is 1. The van der Waals surface area contributed by atoms with Crippen LogP contribution in [0.1, 0.15) is 0 Å². The lowest BCUT2D eigenvalue weighted by atomic mass is 10.9. The van der Waals surface area contributed by atoms with Crippen molar-refractivity contribution in [2.45, 2.75) is 0 Å². The lowest BCUT2D eigenvalue weighted by molar-refractivity contribution is 0.183. The zero-order chi connectivity index (χ0) is 5.54. The SMILES string of the molecule is C=C=CONC#N. The summed E-state index contributed by atoms with van der Waals surface area (Å²) in [6.45, 7) is 3.18. The van der Waals surface area contributed by atoms with Gasteiger partial charge in [-0.15, -0.1) is 0 Å². The molecule has 0 unspecified atom stereocenters. The van der Waals surface area contributed by atoms with Gasteiger partial charge in [-0.3, -0.25) is 0 Å². The molecule has 0 aliphatic heterocycles. The smallest absolute Gasteiger partial charge is 0.212 e. The first-order valence-electron chi connectivity index (χ1n) is 1.56. The van der Waals surface area contributed by atoms with Crippen LogP contribution in [0.2, 0.25) is 0 Å². The summed E-state index contributed by atoms with van der Waals surface area (Å²) in [5.41, 5.74) is 4.19. The Morgan fingerprint density at radius 1 is 1.86 bits per heavy atom. The molecule has 0 aromatic heterocycles. The van der Waals surface area contributed by atoms with E-state index in [2.05, 4.69) is 17.1 Å². The fourth-order valence-corrected chi connectivity index (χ4v) is 0.0975. The van der Waals surface area contributed by atoms with Gasteiger partial charge in [0.25, 0.3) is 0 Å². The van der Waals surface area contributed by atoms with Crippen LogP contribution in [0.5, 0.6) is 0 Å². The van der Waals surface area contributed by atoms with Crippen molar-refractivity contribution in [1.82, 2.24) is 5.48 Å². The molecule has 7 heavy (non-hydrogen) atoms. The van der Waals surface area contributed by atoms with Gasteiger partial charge in [-0.1, -0.05) is 12.3 Å². The van der Waals surface area contributed by atoms with Gasteiger partial charge < -0.3 is 4.84 Å². The fraction of sp³-hybridized carbons (Fsp3) is 0. The van der Waals surface area contributed by atoms with Crippen molar-refractivity contribution in [3.63, 3.8) is 0 Å². The monoisotopic (exact) mass is 96.0 g/mol. The summed E-state index contributed by atoms with van der Waals surface area (Å²) >= 11 is 0. The topological polar surface area (TPSA) is 45.0 Å². The molecule has 3 nitrogen and oxygen atoms in total. The molecule has 36 valence electrons. The number of hydrogen-bond acceptors (Lipinski definition) is 3. The van der Waals surface area contributed by atoms with E-state index in [0.29, 0.717) is 0 Å². The van der Waals surface area contributed by atoms with Gasteiger partial charge >= 0.3 is 0 Å². The van der Waals surface area contributed by atoms with E-state index in [1.54, 1.807) is 0 Å². The second-order valence-electron chi connectivity index (χ2n) is 0.654. The van der Waals surface area contributed by atoms with Crippen LogP contribution >= 0.6 is 0 Å². The lowest BCUT2D eigenvalue weighted by Gasteiger charge is -1.84. The minimum absolute atomic E-state index is 1.14. The molecule has 0 spiro atoms. The maximum Gasteiger partial charge on any atom is 0.212 e. The fourth-order valence-electron chi connectivity index (χ4n) is 0.0975. The molecule has 3 heteroatoms. The van der Waals surface area contributed by atoms with Crippen molar-refractivity contribution in [2.24, 2.45) is 0 Å². The van der Waals surface area contributed by atoms with Gasteiger partial charge in [0, 0.05) is 0 Å². The van der Waals surface area contributed by atoms with Crippen molar-refractivity contribution in [2.75, 3.05) is 0 Å². The molecular weight excluding hydrogens is 92.1 g/mol. The minimum Gasteiger partial charge on any atom is -0.372 e. The van der Waals surface area contributed by atoms with Gasteiger partial charge in [0.1, 0.15) is 0 Å². The average Bonchev–Trinajstić information content (AvgIpc) is 1.69. The van der Waals surface area contributed by atoms with E-state index in [9.17, 15) is 0 Å². The third-order valence-corrected chi connectivity index (χ3v) is 0.247. The Hall–Kier alpha value is -1.39. The highest BCUT2D eigenvalue weighted by atomic mass is 16.6. The van der Waals surface area contributed by atoms with Crippen molar-refractivity contribution in [3.05, 3.63) is 18.6 Å². The molecule has 0 aliphatic rings. The Morgan fingerprint density at radius 3 is 3.00 bits per heavy atom. The first kappa shape index (κ1) is 5.61. The van der Waals surface area contributed by atoms with Crippen molar-refractivity contribution in [1.29, 1.82) is 5.26 Å². The molecule has 0 aliphatic carbocycles. The Balaban J connectivity index is 3.03. The summed E-state index contributed by atoms with van der Waals surface area (Å²) in [6, 6.07) is 0. The Labute approximate surface area is 41.5 Å². The van der Waals surface area contributed by atoms with E-state index < -0.39 is 0 Å². The predicted molar refractivity (Wildman–Crippen MR) is 23.5 cm³/mol.